The van der Waals surface area contributed by atoms with Gasteiger partial charge in [-0.2, -0.15) is 0 Å². The van der Waals surface area contributed by atoms with E-state index < -0.39 is 12.0 Å². The number of halogens is 1. The van der Waals surface area contributed by atoms with Crippen LogP contribution in [0.5, 0.6) is 11.5 Å². The van der Waals surface area contributed by atoms with Gasteiger partial charge in [-0.3, -0.25) is 4.79 Å². The first-order valence-electron chi connectivity index (χ1n) is 4.02. The Balaban J connectivity index is 3.21. The molecule has 82 valence electrons. The highest BCUT2D eigenvalue weighted by atomic mass is 79.9. The molecule has 15 heavy (non-hydrogen) atoms. The number of phenols is 1. The zero-order chi connectivity index (χ0) is 11.6. The van der Waals surface area contributed by atoms with E-state index in [4.69, 9.17) is 15.6 Å². The van der Waals surface area contributed by atoms with E-state index in [9.17, 15) is 9.90 Å². The molecule has 1 atom stereocenters. The molecule has 1 rings (SSSR count). The number of aliphatic carboxylic acids is 1. The Kier molecular flexibility index (Phi) is 3.54. The van der Waals surface area contributed by atoms with Crippen LogP contribution in [0.3, 0.4) is 0 Å². The maximum absolute atomic E-state index is 10.7. The second kappa shape index (κ2) is 4.50. The molecule has 0 heterocycles. The van der Waals surface area contributed by atoms with Crippen LogP contribution in [-0.2, 0) is 4.79 Å². The molecule has 0 aliphatic rings. The average Bonchev–Trinajstić information content (AvgIpc) is 2.19. The first-order valence-corrected chi connectivity index (χ1v) is 4.81. The molecule has 0 radical (unpaired) electrons. The molecule has 0 aliphatic heterocycles. The molecular weight excluding hydrogens is 266 g/mol. The van der Waals surface area contributed by atoms with E-state index in [0.717, 1.165) is 0 Å². The Bertz CT molecular complexity index is 394. The Morgan fingerprint density at radius 2 is 2.20 bits per heavy atom. The van der Waals surface area contributed by atoms with Crippen LogP contribution in [0.4, 0.5) is 0 Å². The van der Waals surface area contributed by atoms with Crippen molar-refractivity contribution in [1.82, 2.24) is 0 Å². The fourth-order valence-electron chi connectivity index (χ4n) is 1.09. The first kappa shape index (κ1) is 11.8. The van der Waals surface area contributed by atoms with Gasteiger partial charge in [0.2, 0.25) is 0 Å². The minimum atomic E-state index is -1.18. The molecule has 0 saturated heterocycles. The van der Waals surface area contributed by atoms with Gasteiger partial charge in [-0.1, -0.05) is 15.9 Å². The molecule has 0 spiro atoms. The summed E-state index contributed by atoms with van der Waals surface area (Å²) in [5.74, 6) is -1.06. The molecule has 5 nitrogen and oxygen atoms in total. The number of hydrogen-bond donors (Lipinski definition) is 3. The molecular formula is C9H10BrNO4. The van der Waals surface area contributed by atoms with Crippen LogP contribution in [0.2, 0.25) is 0 Å². The third-order valence-corrected chi connectivity index (χ3v) is 2.59. The summed E-state index contributed by atoms with van der Waals surface area (Å²) in [6.45, 7) is 0. The second-order valence-corrected chi connectivity index (χ2v) is 3.72. The summed E-state index contributed by atoms with van der Waals surface area (Å²) in [5, 5.41) is 18.2. The summed E-state index contributed by atoms with van der Waals surface area (Å²) in [4.78, 5) is 10.7. The smallest absolute Gasteiger partial charge is 0.325 e. The topological polar surface area (TPSA) is 92.8 Å². The van der Waals surface area contributed by atoms with Crippen molar-refractivity contribution in [3.8, 4) is 11.5 Å². The zero-order valence-corrected chi connectivity index (χ0v) is 9.48. The summed E-state index contributed by atoms with van der Waals surface area (Å²) in [7, 11) is 1.40. The van der Waals surface area contributed by atoms with Crippen molar-refractivity contribution in [1.29, 1.82) is 0 Å². The van der Waals surface area contributed by atoms with Crippen molar-refractivity contribution in [3.05, 3.63) is 22.2 Å². The number of aromatic hydroxyl groups is 1. The van der Waals surface area contributed by atoms with Crippen LogP contribution in [-0.4, -0.2) is 23.3 Å². The number of ether oxygens (including phenoxy) is 1. The summed E-state index contributed by atoms with van der Waals surface area (Å²) < 4.78 is 5.33. The second-order valence-electron chi connectivity index (χ2n) is 2.86. The van der Waals surface area contributed by atoms with Crippen molar-refractivity contribution in [2.75, 3.05) is 7.11 Å². The van der Waals surface area contributed by atoms with Gasteiger partial charge < -0.3 is 20.7 Å². The number of nitrogens with two attached hydrogens (primary N) is 1. The normalized spacial score (nSPS) is 12.2. The van der Waals surface area contributed by atoms with Crippen molar-refractivity contribution >= 4 is 21.9 Å². The van der Waals surface area contributed by atoms with Gasteiger partial charge in [-0.25, -0.2) is 0 Å². The van der Waals surface area contributed by atoms with Crippen molar-refractivity contribution in [2.24, 2.45) is 5.73 Å². The number of methoxy groups -OCH3 is 1. The predicted octanol–water partition coefficient (Wildman–Crippen LogP) is 1.25. The monoisotopic (exact) mass is 275 g/mol. The molecule has 6 heteroatoms. The van der Waals surface area contributed by atoms with Crippen LogP contribution in [0, 0.1) is 0 Å². The molecule has 0 bridgehead atoms. The lowest BCUT2D eigenvalue weighted by molar-refractivity contribution is -0.138. The highest BCUT2D eigenvalue weighted by Gasteiger charge is 2.19. The fraction of sp³-hybridized carbons (Fsp3) is 0.222. The van der Waals surface area contributed by atoms with Crippen molar-refractivity contribution in [2.45, 2.75) is 6.04 Å². The molecule has 4 N–H and O–H groups in total. The molecule has 0 unspecified atom stereocenters. The number of rotatable bonds is 3. The van der Waals surface area contributed by atoms with Crippen LogP contribution >= 0.6 is 15.9 Å². The number of phenolic OH excluding ortho intramolecular Hbond substituents is 1. The SMILES string of the molecule is COc1cc(Br)c([C@H](N)C(=O)O)cc1O. The van der Waals surface area contributed by atoms with E-state index in [0.29, 0.717) is 10.0 Å². The Hall–Kier alpha value is -1.27. The third-order valence-electron chi connectivity index (χ3n) is 1.90. The molecule has 1 aromatic carbocycles. The Labute approximate surface area is 94.6 Å². The van der Waals surface area contributed by atoms with E-state index in [1.54, 1.807) is 0 Å². The van der Waals surface area contributed by atoms with Gasteiger partial charge in [0.25, 0.3) is 0 Å². The quantitative estimate of drug-likeness (QED) is 0.772. The van der Waals surface area contributed by atoms with E-state index in [-0.39, 0.29) is 11.5 Å². The summed E-state index contributed by atoms with van der Waals surface area (Å²) >= 11 is 3.16. The number of benzene rings is 1. The van der Waals surface area contributed by atoms with Crippen molar-refractivity contribution in [3.63, 3.8) is 0 Å². The van der Waals surface area contributed by atoms with Gasteiger partial charge >= 0.3 is 5.97 Å². The lowest BCUT2D eigenvalue weighted by Crippen LogP contribution is -2.21. The zero-order valence-electron chi connectivity index (χ0n) is 7.90. The van der Waals surface area contributed by atoms with Gasteiger partial charge in [0.05, 0.1) is 7.11 Å². The first-order chi connectivity index (χ1) is 6.97. The van der Waals surface area contributed by atoms with Gasteiger partial charge in [0.15, 0.2) is 11.5 Å². The van der Waals surface area contributed by atoms with Gasteiger partial charge in [-0.05, 0) is 17.7 Å². The predicted molar refractivity (Wildman–Crippen MR) is 56.9 cm³/mol. The summed E-state index contributed by atoms with van der Waals surface area (Å²) in [6.07, 6.45) is 0. The fourth-order valence-corrected chi connectivity index (χ4v) is 1.66. The maximum atomic E-state index is 10.7. The maximum Gasteiger partial charge on any atom is 0.325 e. The van der Waals surface area contributed by atoms with Gasteiger partial charge in [-0.15, -0.1) is 0 Å². The summed E-state index contributed by atoms with van der Waals surface area (Å²) in [5.41, 5.74) is 5.71. The summed E-state index contributed by atoms with van der Waals surface area (Å²) in [6, 6.07) is 1.55. The van der Waals surface area contributed by atoms with Crippen LogP contribution in [0.25, 0.3) is 0 Å². The van der Waals surface area contributed by atoms with Gasteiger partial charge in [0, 0.05) is 4.47 Å². The van der Waals surface area contributed by atoms with Crippen LogP contribution in [0.15, 0.2) is 16.6 Å². The molecule has 0 saturated carbocycles. The molecule has 0 amide bonds. The molecule has 1 aromatic rings. The number of carbonyl (C=O) groups is 1. The van der Waals surface area contributed by atoms with Gasteiger partial charge in [0.1, 0.15) is 6.04 Å². The third kappa shape index (κ3) is 2.40. The molecule has 0 aromatic heterocycles. The lowest BCUT2D eigenvalue weighted by Gasteiger charge is -2.12. The molecule has 0 fully saturated rings. The standard InChI is InChI=1S/C9H10BrNO4/c1-15-7-3-5(10)4(2-6(7)12)8(11)9(13)14/h2-3,8,12H,11H2,1H3,(H,13,14)/t8-/m0/s1. The minimum Gasteiger partial charge on any atom is -0.504 e. The van der Waals surface area contributed by atoms with E-state index in [1.165, 1.54) is 19.2 Å². The average molecular weight is 276 g/mol. The van der Waals surface area contributed by atoms with Crippen molar-refractivity contribution < 1.29 is 19.7 Å². The molecule has 0 aliphatic carbocycles. The van der Waals surface area contributed by atoms with Crippen LogP contribution in [0.1, 0.15) is 11.6 Å². The Morgan fingerprint density at radius 1 is 1.60 bits per heavy atom. The lowest BCUT2D eigenvalue weighted by atomic mass is 10.1. The van der Waals surface area contributed by atoms with Crippen LogP contribution < -0.4 is 10.5 Å². The Morgan fingerprint density at radius 3 is 2.67 bits per heavy atom. The number of hydrogen-bond acceptors (Lipinski definition) is 4. The van der Waals surface area contributed by atoms with E-state index >= 15 is 0 Å². The highest BCUT2D eigenvalue weighted by Crippen LogP contribution is 2.34. The van der Waals surface area contributed by atoms with E-state index in [1.807, 2.05) is 0 Å². The number of carboxylic acid groups (broad SMARTS) is 1. The largest absolute Gasteiger partial charge is 0.504 e. The van der Waals surface area contributed by atoms with E-state index in [2.05, 4.69) is 15.9 Å². The highest BCUT2D eigenvalue weighted by molar-refractivity contribution is 9.10. The minimum absolute atomic E-state index is 0.146. The number of carboxylic acids is 1.